The highest BCUT2D eigenvalue weighted by molar-refractivity contribution is 6.35. The fourth-order valence-corrected chi connectivity index (χ4v) is 4.27. The zero-order valence-corrected chi connectivity index (χ0v) is 17.6. The Morgan fingerprint density at radius 1 is 0.968 bits per heavy atom. The molecule has 4 rings (SSSR count). The summed E-state index contributed by atoms with van der Waals surface area (Å²) < 4.78 is 27.7. The second-order valence-electron chi connectivity index (χ2n) is 8.16. The van der Waals surface area contributed by atoms with Gasteiger partial charge in [0.15, 0.2) is 0 Å². The summed E-state index contributed by atoms with van der Waals surface area (Å²) in [5.41, 5.74) is 1.28. The molecule has 0 aromatic heterocycles. The summed E-state index contributed by atoms with van der Waals surface area (Å²) in [6.45, 7) is 1.64. The van der Waals surface area contributed by atoms with Gasteiger partial charge in [-0.1, -0.05) is 30.3 Å². The van der Waals surface area contributed by atoms with E-state index in [2.05, 4.69) is 11.9 Å². The van der Waals surface area contributed by atoms with Crippen molar-refractivity contribution >= 4 is 17.4 Å². The summed E-state index contributed by atoms with van der Waals surface area (Å²) in [6, 6.07) is 11.8. The number of hydrogen-bond donors (Lipinski definition) is 0. The van der Waals surface area contributed by atoms with Crippen molar-refractivity contribution in [2.75, 3.05) is 27.2 Å². The van der Waals surface area contributed by atoms with Gasteiger partial charge in [-0.05, 0) is 56.7 Å². The number of benzene rings is 2. The van der Waals surface area contributed by atoms with Crippen LogP contribution in [-0.4, -0.2) is 59.7 Å². The molecule has 5 nitrogen and oxygen atoms in total. The molecule has 162 valence electrons. The van der Waals surface area contributed by atoms with Crippen LogP contribution in [0.2, 0.25) is 0 Å². The number of amides is 2. The fourth-order valence-electron chi connectivity index (χ4n) is 4.27. The van der Waals surface area contributed by atoms with Gasteiger partial charge in [0.2, 0.25) is 0 Å². The molecule has 0 saturated carbocycles. The first kappa shape index (κ1) is 21.2. The first-order valence-electron chi connectivity index (χ1n) is 10.4. The number of rotatable bonds is 5. The Morgan fingerprint density at radius 2 is 1.61 bits per heavy atom. The third-order valence-corrected chi connectivity index (χ3v) is 6.15. The Morgan fingerprint density at radius 3 is 2.26 bits per heavy atom. The predicted molar refractivity (Wildman–Crippen MR) is 114 cm³/mol. The summed E-state index contributed by atoms with van der Waals surface area (Å²) in [4.78, 5) is 32.0. The van der Waals surface area contributed by atoms with E-state index < -0.39 is 23.4 Å². The molecule has 1 fully saturated rings. The molecular formula is C24H25F2N3O2. The molecule has 0 unspecified atom stereocenters. The van der Waals surface area contributed by atoms with Crippen LogP contribution in [0.3, 0.4) is 0 Å². The van der Waals surface area contributed by atoms with Crippen LogP contribution in [0.25, 0.3) is 5.57 Å². The molecule has 0 radical (unpaired) electrons. The molecule has 7 heteroatoms. The second-order valence-corrected chi connectivity index (χ2v) is 8.16. The number of likely N-dealkylation sites (N-methyl/N-ethyl adjacent to an activating group) is 1. The molecule has 2 aliphatic heterocycles. The van der Waals surface area contributed by atoms with Crippen molar-refractivity contribution in [1.29, 1.82) is 0 Å². The Hall–Kier alpha value is -3.06. The van der Waals surface area contributed by atoms with Crippen LogP contribution >= 0.6 is 0 Å². The van der Waals surface area contributed by atoms with Crippen molar-refractivity contribution in [3.63, 3.8) is 0 Å². The summed E-state index contributed by atoms with van der Waals surface area (Å²) >= 11 is 0. The maximum Gasteiger partial charge on any atom is 0.278 e. The summed E-state index contributed by atoms with van der Waals surface area (Å²) in [5.74, 6) is -1.83. The zero-order chi connectivity index (χ0) is 22.1. The molecule has 2 aromatic carbocycles. The molecular weight excluding hydrogens is 400 g/mol. The summed E-state index contributed by atoms with van der Waals surface area (Å²) in [7, 11) is 3.88. The van der Waals surface area contributed by atoms with E-state index in [0.29, 0.717) is 11.3 Å². The highest BCUT2D eigenvalue weighted by Gasteiger charge is 2.42. The molecule has 0 N–H and O–H groups in total. The van der Waals surface area contributed by atoms with E-state index in [4.69, 9.17) is 0 Å². The lowest BCUT2D eigenvalue weighted by atomic mass is 10.00. The van der Waals surface area contributed by atoms with Crippen molar-refractivity contribution in [3.05, 3.63) is 77.0 Å². The van der Waals surface area contributed by atoms with Gasteiger partial charge in [-0.3, -0.25) is 14.5 Å². The number of likely N-dealkylation sites (tertiary alicyclic amines) is 1. The van der Waals surface area contributed by atoms with E-state index in [-0.39, 0.29) is 23.7 Å². The minimum absolute atomic E-state index is 0.104. The Labute approximate surface area is 180 Å². The highest BCUT2D eigenvalue weighted by atomic mass is 19.1. The largest absolute Gasteiger partial charge is 0.366 e. The number of carbonyl (C=O) groups is 2. The maximum absolute atomic E-state index is 14.2. The second kappa shape index (κ2) is 8.59. The van der Waals surface area contributed by atoms with Gasteiger partial charge >= 0.3 is 0 Å². The van der Waals surface area contributed by atoms with Gasteiger partial charge in [0.25, 0.3) is 11.8 Å². The number of piperidine rings is 1. The average Bonchev–Trinajstić information content (AvgIpc) is 3.00. The van der Waals surface area contributed by atoms with E-state index in [0.717, 1.165) is 30.8 Å². The van der Waals surface area contributed by atoms with Gasteiger partial charge in [-0.25, -0.2) is 8.78 Å². The maximum atomic E-state index is 14.2. The average molecular weight is 425 g/mol. The molecule has 2 heterocycles. The smallest absolute Gasteiger partial charge is 0.278 e. The molecule has 0 aliphatic carbocycles. The number of halogens is 2. The van der Waals surface area contributed by atoms with Crippen molar-refractivity contribution < 1.29 is 18.4 Å². The monoisotopic (exact) mass is 425 g/mol. The minimum atomic E-state index is -0.491. The number of hydrogen-bond acceptors (Lipinski definition) is 4. The quantitative estimate of drug-likeness (QED) is 0.690. The van der Waals surface area contributed by atoms with Crippen molar-refractivity contribution in [2.45, 2.75) is 25.4 Å². The molecule has 1 saturated heterocycles. The van der Waals surface area contributed by atoms with Crippen molar-refractivity contribution in [3.8, 4) is 0 Å². The van der Waals surface area contributed by atoms with E-state index in [1.54, 1.807) is 18.2 Å². The normalized spacial score (nSPS) is 18.3. The number of carbonyl (C=O) groups excluding carboxylic acids is 2. The number of imide groups is 1. The topological polar surface area (TPSA) is 43.9 Å². The van der Waals surface area contributed by atoms with Crippen LogP contribution in [0, 0.1) is 11.6 Å². The molecule has 31 heavy (non-hydrogen) atoms. The highest BCUT2D eigenvalue weighted by Crippen LogP contribution is 2.34. The Balaban J connectivity index is 1.72. The Bertz CT molecular complexity index is 1030. The first-order chi connectivity index (χ1) is 14.9. The van der Waals surface area contributed by atoms with Crippen LogP contribution in [-0.2, 0) is 16.1 Å². The van der Waals surface area contributed by atoms with Gasteiger partial charge < -0.3 is 9.80 Å². The van der Waals surface area contributed by atoms with Gasteiger partial charge in [0.1, 0.15) is 17.3 Å². The molecule has 0 atom stereocenters. The van der Waals surface area contributed by atoms with Gasteiger partial charge in [0, 0.05) is 18.7 Å². The molecule has 2 aromatic rings. The lowest BCUT2D eigenvalue weighted by Gasteiger charge is -2.36. The van der Waals surface area contributed by atoms with Crippen LogP contribution in [0.15, 0.2) is 54.2 Å². The van der Waals surface area contributed by atoms with Crippen molar-refractivity contribution in [1.82, 2.24) is 14.7 Å². The van der Waals surface area contributed by atoms with Gasteiger partial charge in [-0.15, -0.1) is 0 Å². The van der Waals surface area contributed by atoms with E-state index in [1.807, 2.05) is 11.9 Å². The molecule has 2 amide bonds. The van der Waals surface area contributed by atoms with Gasteiger partial charge in [-0.2, -0.15) is 0 Å². The Kier molecular flexibility index (Phi) is 5.87. The van der Waals surface area contributed by atoms with E-state index in [1.165, 1.54) is 30.3 Å². The van der Waals surface area contributed by atoms with Gasteiger partial charge in [0.05, 0.1) is 12.1 Å². The molecule has 2 aliphatic rings. The summed E-state index contributed by atoms with van der Waals surface area (Å²) in [6.07, 6.45) is 1.73. The third-order valence-electron chi connectivity index (χ3n) is 6.15. The zero-order valence-electron chi connectivity index (χ0n) is 17.6. The SMILES string of the molecule is CN1CCC(N(C)C2=C(c3ccc(F)cc3)C(=O)N(Cc3ccccc3F)C2=O)CC1. The van der Waals surface area contributed by atoms with E-state index in [9.17, 15) is 18.4 Å². The standard InChI is InChI=1S/C24H25F2N3O2/c1-27-13-11-19(12-14-27)28(2)22-21(16-7-9-18(25)10-8-16)23(30)29(24(22)31)15-17-5-3-4-6-20(17)26/h3-10,19H,11-15H2,1-2H3. The fraction of sp³-hybridized carbons (Fsp3) is 0.333. The van der Waals surface area contributed by atoms with Crippen LogP contribution < -0.4 is 0 Å². The van der Waals surface area contributed by atoms with Crippen LogP contribution in [0.4, 0.5) is 8.78 Å². The number of nitrogens with zero attached hydrogens (tertiary/aromatic N) is 3. The lowest BCUT2D eigenvalue weighted by molar-refractivity contribution is -0.138. The first-order valence-corrected chi connectivity index (χ1v) is 10.4. The molecule has 0 spiro atoms. The predicted octanol–water partition coefficient (Wildman–Crippen LogP) is 3.27. The molecule has 0 bridgehead atoms. The van der Waals surface area contributed by atoms with Crippen LogP contribution in [0.5, 0.6) is 0 Å². The van der Waals surface area contributed by atoms with Crippen molar-refractivity contribution in [2.24, 2.45) is 0 Å². The summed E-state index contributed by atoms with van der Waals surface area (Å²) in [5, 5.41) is 0. The lowest BCUT2D eigenvalue weighted by Crippen LogP contribution is -2.43. The minimum Gasteiger partial charge on any atom is -0.366 e. The van der Waals surface area contributed by atoms with Crippen LogP contribution in [0.1, 0.15) is 24.0 Å². The third kappa shape index (κ3) is 4.10. The van der Waals surface area contributed by atoms with E-state index >= 15 is 0 Å².